The number of hydrogen-bond donors (Lipinski definition) is 0. The van der Waals surface area contributed by atoms with E-state index in [1.807, 2.05) is 30.5 Å². The van der Waals surface area contributed by atoms with Gasteiger partial charge >= 0.3 is 5.97 Å². The predicted molar refractivity (Wildman–Crippen MR) is 80.8 cm³/mol. The molecule has 2 nitrogen and oxygen atoms in total. The van der Waals surface area contributed by atoms with Crippen LogP contribution in [0.2, 0.25) is 18.1 Å². The van der Waals surface area contributed by atoms with Gasteiger partial charge in [0, 0.05) is 4.90 Å². The Balaban J connectivity index is 2.89. The van der Waals surface area contributed by atoms with Crippen LogP contribution in [0.4, 0.5) is 0 Å². The molecule has 0 heterocycles. The third-order valence-corrected chi connectivity index (χ3v) is 8.49. The van der Waals surface area contributed by atoms with Crippen molar-refractivity contribution >= 4 is 26.0 Å². The highest BCUT2D eigenvalue weighted by atomic mass is 32.2. The van der Waals surface area contributed by atoms with Gasteiger partial charge in [-0.1, -0.05) is 26.8 Å². The summed E-state index contributed by atoms with van der Waals surface area (Å²) in [6.45, 7) is 10.6. The smallest absolute Gasteiger partial charge is 0.324 e. The van der Waals surface area contributed by atoms with Gasteiger partial charge in [0.15, 0.2) is 0 Å². The lowest BCUT2D eigenvalue weighted by molar-refractivity contribution is 0.0712. The van der Waals surface area contributed by atoms with Gasteiger partial charge in [0.05, 0.1) is 5.56 Å². The zero-order valence-electron chi connectivity index (χ0n) is 12.0. The van der Waals surface area contributed by atoms with Gasteiger partial charge in [0.25, 0.3) is 8.32 Å². The second-order valence-electron chi connectivity index (χ2n) is 5.88. The summed E-state index contributed by atoms with van der Waals surface area (Å²) in [5, 5.41) is 0.0414. The minimum atomic E-state index is -2.03. The molecule has 0 fully saturated rings. The molecule has 0 spiro atoms. The Bertz CT molecular complexity index is 436. The zero-order valence-corrected chi connectivity index (χ0v) is 13.9. The van der Waals surface area contributed by atoms with Gasteiger partial charge in [0.2, 0.25) is 0 Å². The summed E-state index contributed by atoms with van der Waals surface area (Å²) in [5.41, 5.74) is 0.645. The van der Waals surface area contributed by atoms with Crippen molar-refractivity contribution in [2.45, 2.75) is 43.8 Å². The zero-order chi connectivity index (χ0) is 14.0. The summed E-state index contributed by atoms with van der Waals surface area (Å²) in [6, 6.07) is 7.59. The van der Waals surface area contributed by atoms with Crippen molar-refractivity contribution in [1.82, 2.24) is 0 Å². The number of hydrogen-bond acceptors (Lipinski definition) is 3. The first-order valence-electron chi connectivity index (χ1n) is 6.05. The van der Waals surface area contributed by atoms with Crippen LogP contribution in [0.1, 0.15) is 31.1 Å². The summed E-state index contributed by atoms with van der Waals surface area (Å²) in [4.78, 5) is 13.3. The maximum absolute atomic E-state index is 12.2. The minimum Gasteiger partial charge on any atom is -0.516 e. The topological polar surface area (TPSA) is 26.3 Å². The number of benzene rings is 1. The van der Waals surface area contributed by atoms with E-state index in [1.54, 1.807) is 11.8 Å². The number of thioether (sulfide) groups is 1. The maximum atomic E-state index is 12.2. The van der Waals surface area contributed by atoms with Gasteiger partial charge in [-0.15, -0.1) is 11.8 Å². The van der Waals surface area contributed by atoms with Crippen LogP contribution in [0.3, 0.4) is 0 Å². The molecule has 100 valence electrons. The molecule has 0 atom stereocenters. The molecule has 0 saturated carbocycles. The summed E-state index contributed by atoms with van der Waals surface area (Å²) in [5.74, 6) is -0.197. The van der Waals surface area contributed by atoms with E-state index in [0.29, 0.717) is 5.56 Å². The van der Waals surface area contributed by atoms with E-state index in [2.05, 4.69) is 33.9 Å². The summed E-state index contributed by atoms with van der Waals surface area (Å²) in [6.07, 6.45) is 2.00. The van der Waals surface area contributed by atoms with E-state index in [4.69, 9.17) is 4.43 Å². The Hall–Kier alpha value is -0.743. The van der Waals surface area contributed by atoms with Crippen LogP contribution in [0, 0.1) is 0 Å². The summed E-state index contributed by atoms with van der Waals surface area (Å²) >= 11 is 1.63. The SMILES string of the molecule is CSc1cccc(C(=O)O[Si](C)(C)C(C)(C)C)c1. The fraction of sp³-hybridized carbons (Fsp3) is 0.500. The van der Waals surface area contributed by atoms with Gasteiger partial charge < -0.3 is 4.43 Å². The highest BCUT2D eigenvalue weighted by Crippen LogP contribution is 2.37. The lowest BCUT2D eigenvalue weighted by atomic mass is 10.2. The van der Waals surface area contributed by atoms with Crippen molar-refractivity contribution in [3.05, 3.63) is 29.8 Å². The van der Waals surface area contributed by atoms with E-state index in [9.17, 15) is 4.79 Å². The Morgan fingerprint density at radius 1 is 1.28 bits per heavy atom. The molecular weight excluding hydrogens is 260 g/mol. The number of rotatable bonds is 3. The van der Waals surface area contributed by atoms with E-state index in [-0.39, 0.29) is 11.0 Å². The van der Waals surface area contributed by atoms with E-state index in [0.717, 1.165) is 4.90 Å². The van der Waals surface area contributed by atoms with Crippen LogP contribution in [0.5, 0.6) is 0 Å². The molecule has 1 rings (SSSR count). The molecule has 0 N–H and O–H groups in total. The van der Waals surface area contributed by atoms with Crippen molar-refractivity contribution in [1.29, 1.82) is 0 Å². The molecule has 0 radical (unpaired) electrons. The average molecular weight is 282 g/mol. The van der Waals surface area contributed by atoms with Crippen molar-refractivity contribution < 1.29 is 9.22 Å². The van der Waals surface area contributed by atoms with Crippen molar-refractivity contribution in [3.8, 4) is 0 Å². The van der Waals surface area contributed by atoms with Gasteiger partial charge in [0.1, 0.15) is 0 Å². The normalized spacial score (nSPS) is 12.3. The Morgan fingerprint density at radius 2 is 1.89 bits per heavy atom. The van der Waals surface area contributed by atoms with Crippen LogP contribution in [-0.2, 0) is 4.43 Å². The number of carbonyl (C=O) groups is 1. The molecule has 0 aromatic heterocycles. The van der Waals surface area contributed by atoms with Crippen LogP contribution in [-0.4, -0.2) is 20.5 Å². The molecule has 1 aromatic carbocycles. The molecule has 0 saturated heterocycles. The second-order valence-corrected chi connectivity index (χ2v) is 11.5. The van der Waals surface area contributed by atoms with E-state index in [1.165, 1.54) is 0 Å². The molecule has 0 unspecified atom stereocenters. The largest absolute Gasteiger partial charge is 0.516 e. The van der Waals surface area contributed by atoms with Crippen LogP contribution in [0.15, 0.2) is 29.2 Å². The lowest BCUT2D eigenvalue weighted by Crippen LogP contribution is -2.42. The summed E-state index contributed by atoms with van der Waals surface area (Å²) < 4.78 is 5.78. The van der Waals surface area contributed by atoms with Crippen molar-refractivity contribution in [3.63, 3.8) is 0 Å². The lowest BCUT2D eigenvalue weighted by Gasteiger charge is -2.35. The quantitative estimate of drug-likeness (QED) is 0.600. The molecule has 0 bridgehead atoms. The standard InChI is InChI=1S/C14H22O2SSi/c1-14(2,3)18(5,6)16-13(15)11-8-7-9-12(10-11)17-4/h7-10H,1-6H3. The van der Waals surface area contributed by atoms with Crippen LogP contribution in [0.25, 0.3) is 0 Å². The van der Waals surface area contributed by atoms with Crippen molar-refractivity contribution in [2.24, 2.45) is 0 Å². The first-order valence-corrected chi connectivity index (χ1v) is 10.2. The van der Waals surface area contributed by atoms with E-state index < -0.39 is 8.32 Å². The predicted octanol–water partition coefficient (Wildman–Crippen LogP) is 4.57. The highest BCUT2D eigenvalue weighted by molar-refractivity contribution is 7.98. The molecule has 18 heavy (non-hydrogen) atoms. The molecular formula is C14H22O2SSi. The highest BCUT2D eigenvalue weighted by Gasteiger charge is 2.40. The minimum absolute atomic E-state index is 0.0414. The van der Waals surface area contributed by atoms with Gasteiger partial charge in [-0.05, 0) is 42.6 Å². The molecule has 0 amide bonds. The van der Waals surface area contributed by atoms with Crippen LogP contribution < -0.4 is 0 Å². The second kappa shape index (κ2) is 5.49. The first kappa shape index (κ1) is 15.3. The fourth-order valence-corrected chi connectivity index (χ4v) is 2.54. The fourth-order valence-electron chi connectivity index (χ4n) is 1.19. The molecule has 4 heteroatoms. The third kappa shape index (κ3) is 3.62. The summed E-state index contributed by atoms with van der Waals surface area (Å²) in [7, 11) is -2.03. The molecule has 0 aliphatic heterocycles. The monoisotopic (exact) mass is 282 g/mol. The first-order chi connectivity index (χ1) is 8.17. The molecule has 0 aliphatic carbocycles. The molecule has 0 aliphatic rings. The maximum Gasteiger partial charge on any atom is 0.324 e. The third-order valence-electron chi connectivity index (χ3n) is 3.46. The van der Waals surface area contributed by atoms with Crippen LogP contribution >= 0.6 is 11.8 Å². The average Bonchev–Trinajstić information content (AvgIpc) is 2.27. The van der Waals surface area contributed by atoms with E-state index >= 15 is 0 Å². The Morgan fingerprint density at radius 3 is 2.39 bits per heavy atom. The van der Waals surface area contributed by atoms with Gasteiger partial charge in [-0.25, -0.2) is 4.79 Å². The molecule has 1 aromatic rings. The van der Waals surface area contributed by atoms with Gasteiger partial charge in [-0.3, -0.25) is 0 Å². The number of carbonyl (C=O) groups excluding carboxylic acids is 1. The Kier molecular flexibility index (Phi) is 4.67. The van der Waals surface area contributed by atoms with Gasteiger partial charge in [-0.2, -0.15) is 0 Å². The van der Waals surface area contributed by atoms with Crippen molar-refractivity contribution in [2.75, 3.05) is 6.26 Å². The Labute approximate surface area is 115 Å².